The van der Waals surface area contributed by atoms with Crippen molar-refractivity contribution in [1.29, 1.82) is 0 Å². The molecule has 27 heavy (non-hydrogen) atoms. The van der Waals surface area contributed by atoms with Gasteiger partial charge in [-0.2, -0.15) is 0 Å². The van der Waals surface area contributed by atoms with Gasteiger partial charge in [0, 0.05) is 22.7 Å². The fourth-order valence-electron chi connectivity index (χ4n) is 3.06. The topological polar surface area (TPSA) is 79.5 Å². The largest absolute Gasteiger partial charge is 0.505 e. The summed E-state index contributed by atoms with van der Waals surface area (Å²) in [4.78, 5) is 7.20. The van der Waals surface area contributed by atoms with Crippen molar-refractivity contribution < 1.29 is 19.6 Å². The molecule has 4 rings (SSSR count). The number of pyridine rings is 2. The first-order chi connectivity index (χ1) is 13.1. The molecule has 0 spiro atoms. The Kier molecular flexibility index (Phi) is 4.30. The summed E-state index contributed by atoms with van der Waals surface area (Å²) < 4.78 is 13.4. The van der Waals surface area contributed by atoms with Gasteiger partial charge in [-0.3, -0.25) is 10.3 Å². The van der Waals surface area contributed by atoms with Crippen molar-refractivity contribution in [3.05, 3.63) is 90.0 Å². The molecular formula is C21H17FN3O2+. The van der Waals surface area contributed by atoms with Crippen LogP contribution in [0.3, 0.4) is 0 Å². The van der Waals surface area contributed by atoms with Crippen LogP contribution in [0.1, 0.15) is 17.2 Å². The second kappa shape index (κ2) is 6.92. The van der Waals surface area contributed by atoms with Crippen molar-refractivity contribution in [2.24, 2.45) is 0 Å². The molecule has 2 heterocycles. The number of nitrogens with one attached hydrogen (secondary N) is 2. The second-order valence-corrected chi connectivity index (χ2v) is 6.14. The van der Waals surface area contributed by atoms with Crippen LogP contribution >= 0.6 is 0 Å². The number of rotatable bonds is 4. The van der Waals surface area contributed by atoms with Crippen LogP contribution in [-0.2, 0) is 0 Å². The zero-order valence-corrected chi connectivity index (χ0v) is 14.2. The average molecular weight is 362 g/mol. The van der Waals surface area contributed by atoms with E-state index in [-0.39, 0.29) is 17.3 Å². The number of phenols is 1. The van der Waals surface area contributed by atoms with Crippen molar-refractivity contribution >= 4 is 16.7 Å². The highest BCUT2D eigenvalue weighted by Gasteiger charge is 2.25. The van der Waals surface area contributed by atoms with Crippen molar-refractivity contribution in [2.75, 3.05) is 5.32 Å². The fraction of sp³-hybridized carbons (Fsp3) is 0.0476. The minimum atomic E-state index is -0.540. The lowest BCUT2D eigenvalue weighted by molar-refractivity contribution is -0.362. The maximum Gasteiger partial charge on any atom is 0.315 e. The van der Waals surface area contributed by atoms with E-state index in [1.165, 1.54) is 12.1 Å². The number of aromatic amines is 1. The molecule has 6 heteroatoms. The standard InChI is InChI=1S/C21H16FN3O2/c22-15-8-5-14(6-9-15)18(25-21-17(26)4-2-12-24-21)16-10-7-13-3-1-11-23-19(13)20(16)27/h1-12,18,26-27H,(H,24,25)/p+1/t18-/m0/s1. The molecule has 0 aliphatic carbocycles. The molecule has 0 bridgehead atoms. The molecule has 0 amide bonds. The molecule has 0 aliphatic rings. The van der Waals surface area contributed by atoms with Crippen LogP contribution < -0.4 is 10.3 Å². The summed E-state index contributed by atoms with van der Waals surface area (Å²) in [6.45, 7) is 0. The predicted molar refractivity (Wildman–Crippen MR) is 99.9 cm³/mol. The SMILES string of the molecule is Oc1ccc[nH+]c1N[C@@H](c1ccc(F)cc1)c1ccc2cccnc2c1O. The Balaban J connectivity index is 1.86. The molecule has 2 aromatic heterocycles. The van der Waals surface area contributed by atoms with Gasteiger partial charge in [0.2, 0.25) is 5.75 Å². The van der Waals surface area contributed by atoms with Crippen LogP contribution in [0.15, 0.2) is 73.1 Å². The third kappa shape index (κ3) is 3.25. The van der Waals surface area contributed by atoms with Crippen molar-refractivity contribution in [1.82, 2.24) is 4.98 Å². The molecular weight excluding hydrogens is 345 g/mol. The molecule has 5 nitrogen and oxygen atoms in total. The molecule has 2 aromatic carbocycles. The van der Waals surface area contributed by atoms with Gasteiger partial charge in [0.15, 0.2) is 0 Å². The number of aromatic hydroxyl groups is 2. The van der Waals surface area contributed by atoms with Gasteiger partial charge in [0.25, 0.3) is 0 Å². The smallest absolute Gasteiger partial charge is 0.315 e. The number of fused-ring (bicyclic) bond motifs is 1. The maximum atomic E-state index is 13.4. The van der Waals surface area contributed by atoms with E-state index in [4.69, 9.17) is 0 Å². The summed E-state index contributed by atoms with van der Waals surface area (Å²) in [5.74, 6) is 0.0942. The molecule has 0 aliphatic heterocycles. The van der Waals surface area contributed by atoms with Gasteiger partial charge in [-0.05, 0) is 36.4 Å². The lowest BCUT2D eigenvalue weighted by atomic mass is 9.96. The molecule has 4 aromatic rings. The molecule has 134 valence electrons. The summed E-state index contributed by atoms with van der Waals surface area (Å²) in [5, 5.41) is 24.9. The molecule has 0 saturated heterocycles. The zero-order chi connectivity index (χ0) is 18.8. The van der Waals surface area contributed by atoms with E-state index in [2.05, 4.69) is 15.3 Å². The monoisotopic (exact) mass is 362 g/mol. The number of aromatic nitrogens is 2. The highest BCUT2D eigenvalue weighted by Crippen LogP contribution is 2.36. The molecule has 1 atom stereocenters. The van der Waals surface area contributed by atoms with Gasteiger partial charge in [-0.15, -0.1) is 0 Å². The lowest BCUT2D eigenvalue weighted by Gasteiger charge is -2.18. The average Bonchev–Trinajstić information content (AvgIpc) is 2.69. The van der Waals surface area contributed by atoms with E-state index in [1.807, 2.05) is 12.1 Å². The third-order valence-electron chi connectivity index (χ3n) is 4.42. The number of hydrogen-bond acceptors (Lipinski definition) is 4. The third-order valence-corrected chi connectivity index (χ3v) is 4.42. The Morgan fingerprint density at radius 1 is 0.963 bits per heavy atom. The number of hydrogen-bond donors (Lipinski definition) is 3. The van der Waals surface area contributed by atoms with E-state index in [9.17, 15) is 14.6 Å². The van der Waals surface area contributed by atoms with Crippen LogP contribution in [0.5, 0.6) is 11.5 Å². The number of benzene rings is 2. The van der Waals surface area contributed by atoms with Crippen molar-refractivity contribution in [2.45, 2.75) is 6.04 Å². The number of H-pyrrole nitrogens is 1. The summed E-state index contributed by atoms with van der Waals surface area (Å²) in [6, 6.07) is 16.0. The van der Waals surface area contributed by atoms with Crippen molar-refractivity contribution in [3.8, 4) is 11.5 Å². The second-order valence-electron chi connectivity index (χ2n) is 6.14. The Bertz CT molecular complexity index is 1100. The lowest BCUT2D eigenvalue weighted by Crippen LogP contribution is -2.19. The van der Waals surface area contributed by atoms with E-state index >= 15 is 0 Å². The highest BCUT2D eigenvalue weighted by atomic mass is 19.1. The summed E-state index contributed by atoms with van der Waals surface area (Å²) in [6.07, 6.45) is 3.29. The number of anilines is 1. The van der Waals surface area contributed by atoms with Gasteiger partial charge >= 0.3 is 5.82 Å². The van der Waals surface area contributed by atoms with Crippen LogP contribution in [0.25, 0.3) is 10.9 Å². The fourth-order valence-corrected chi connectivity index (χ4v) is 3.06. The molecule has 0 saturated carbocycles. The normalized spacial score (nSPS) is 12.0. The van der Waals surface area contributed by atoms with E-state index < -0.39 is 6.04 Å². The van der Waals surface area contributed by atoms with Crippen LogP contribution in [0.4, 0.5) is 10.2 Å². The summed E-state index contributed by atoms with van der Waals surface area (Å²) in [5.41, 5.74) is 1.76. The first-order valence-electron chi connectivity index (χ1n) is 8.42. The van der Waals surface area contributed by atoms with Gasteiger partial charge in [-0.1, -0.05) is 24.3 Å². The quantitative estimate of drug-likeness (QED) is 0.516. The zero-order valence-electron chi connectivity index (χ0n) is 14.2. The summed E-state index contributed by atoms with van der Waals surface area (Å²) >= 11 is 0. The highest BCUT2D eigenvalue weighted by molar-refractivity contribution is 5.86. The molecule has 0 fully saturated rings. The minimum Gasteiger partial charge on any atom is -0.505 e. The van der Waals surface area contributed by atoms with E-state index in [0.717, 1.165) is 10.9 Å². The molecule has 0 unspecified atom stereocenters. The summed E-state index contributed by atoms with van der Waals surface area (Å²) in [7, 11) is 0. The Morgan fingerprint density at radius 2 is 1.78 bits per heavy atom. The van der Waals surface area contributed by atoms with Crippen LogP contribution in [0, 0.1) is 5.82 Å². The predicted octanol–water partition coefficient (Wildman–Crippen LogP) is 3.80. The number of nitrogens with zero attached hydrogens (tertiary/aromatic N) is 1. The van der Waals surface area contributed by atoms with Crippen LogP contribution in [-0.4, -0.2) is 15.2 Å². The van der Waals surface area contributed by atoms with Crippen molar-refractivity contribution in [3.63, 3.8) is 0 Å². The number of phenolic OH excluding ortho intramolecular Hbond substituents is 1. The van der Waals surface area contributed by atoms with Crippen LogP contribution in [0.2, 0.25) is 0 Å². The van der Waals surface area contributed by atoms with Gasteiger partial charge in [0.05, 0.1) is 6.20 Å². The molecule has 4 N–H and O–H groups in total. The van der Waals surface area contributed by atoms with Gasteiger partial charge in [0.1, 0.15) is 23.1 Å². The first kappa shape index (κ1) is 16.8. The Morgan fingerprint density at radius 3 is 2.56 bits per heavy atom. The van der Waals surface area contributed by atoms with Gasteiger partial charge < -0.3 is 10.2 Å². The minimum absolute atomic E-state index is 0.0306. The first-order valence-corrected chi connectivity index (χ1v) is 8.42. The van der Waals surface area contributed by atoms with E-state index in [0.29, 0.717) is 16.9 Å². The number of halogens is 1. The Hall–Kier alpha value is -3.67. The molecule has 0 radical (unpaired) electrons. The Labute approximate surface area is 154 Å². The maximum absolute atomic E-state index is 13.4. The van der Waals surface area contributed by atoms with E-state index in [1.54, 1.807) is 48.8 Å². The van der Waals surface area contributed by atoms with Gasteiger partial charge in [-0.25, -0.2) is 9.37 Å².